The number of carbonyl (C=O) groups is 1. The molecule has 0 aliphatic heterocycles. The van der Waals surface area contributed by atoms with Gasteiger partial charge in [-0.15, -0.1) is 5.10 Å². The lowest BCUT2D eigenvalue weighted by atomic mass is 10.1. The molecule has 3 aromatic rings. The first-order chi connectivity index (χ1) is 10.3. The minimum atomic E-state index is -0.839. The van der Waals surface area contributed by atoms with Gasteiger partial charge >= 0.3 is 5.97 Å². The molecule has 0 aliphatic rings. The number of hydrogen-bond donors (Lipinski definition) is 1. The fraction of sp³-hybridized carbons (Fsp3) is 0.133. The van der Waals surface area contributed by atoms with E-state index in [9.17, 15) is 9.90 Å². The molecule has 0 saturated carbocycles. The summed E-state index contributed by atoms with van der Waals surface area (Å²) in [6.45, 7) is -0.0918. The maximum Gasteiger partial charge on any atom is 0.339 e. The summed E-state index contributed by atoms with van der Waals surface area (Å²) in [7, 11) is 0. The Labute approximate surface area is 125 Å². The molecule has 0 bridgehead atoms. The van der Waals surface area contributed by atoms with E-state index in [0.717, 1.165) is 11.5 Å². The first-order valence-corrected chi connectivity index (χ1v) is 7.14. The number of hydrogen-bond acceptors (Lipinski definition) is 6. The first kappa shape index (κ1) is 13.7. The Morgan fingerprint density at radius 2 is 2.00 bits per heavy atom. The standard InChI is InChI=1S/C15H12N2O3S/c18-13(10-5-2-1-3-6-10)9-20-15(19)11-7-4-8-12-14(11)21-17-16-12/h1-8,13,18H,9H2. The third-order valence-corrected chi connectivity index (χ3v) is 3.83. The summed E-state index contributed by atoms with van der Waals surface area (Å²) in [6, 6.07) is 14.3. The van der Waals surface area contributed by atoms with Crippen LogP contribution in [0, 0.1) is 0 Å². The Morgan fingerprint density at radius 1 is 1.19 bits per heavy atom. The molecule has 0 saturated heterocycles. The molecule has 0 fully saturated rings. The summed E-state index contributed by atoms with van der Waals surface area (Å²) in [6.07, 6.45) is -0.839. The van der Waals surface area contributed by atoms with Crippen LogP contribution in [0.1, 0.15) is 22.0 Å². The zero-order valence-corrected chi connectivity index (χ0v) is 11.8. The van der Waals surface area contributed by atoms with E-state index in [-0.39, 0.29) is 6.61 Å². The highest BCUT2D eigenvalue weighted by atomic mass is 32.1. The number of fused-ring (bicyclic) bond motifs is 1. The summed E-state index contributed by atoms with van der Waals surface area (Å²) in [5, 5.41) is 13.9. The number of benzene rings is 2. The van der Waals surface area contributed by atoms with Crippen LogP contribution in [0.25, 0.3) is 10.2 Å². The van der Waals surface area contributed by atoms with Crippen molar-refractivity contribution in [3.05, 3.63) is 59.7 Å². The average Bonchev–Trinajstić information content (AvgIpc) is 3.01. The number of nitrogens with zero attached hydrogens (tertiary/aromatic N) is 2. The van der Waals surface area contributed by atoms with Gasteiger partial charge in [-0.05, 0) is 29.2 Å². The number of esters is 1. The second kappa shape index (κ2) is 5.99. The van der Waals surface area contributed by atoms with E-state index in [0.29, 0.717) is 21.3 Å². The molecule has 1 atom stereocenters. The predicted octanol–water partition coefficient (Wildman–Crippen LogP) is 2.58. The molecule has 0 radical (unpaired) electrons. The van der Waals surface area contributed by atoms with Crippen LogP contribution >= 0.6 is 11.5 Å². The second-order valence-corrected chi connectivity index (χ2v) is 5.21. The smallest absolute Gasteiger partial charge is 0.339 e. The van der Waals surface area contributed by atoms with Gasteiger partial charge in [0, 0.05) is 0 Å². The molecular formula is C15H12N2O3S. The highest BCUT2D eigenvalue weighted by molar-refractivity contribution is 7.13. The number of aliphatic hydroxyl groups is 1. The predicted molar refractivity (Wildman–Crippen MR) is 79.1 cm³/mol. The molecule has 106 valence electrons. The van der Waals surface area contributed by atoms with Crippen molar-refractivity contribution in [2.45, 2.75) is 6.10 Å². The van der Waals surface area contributed by atoms with Crippen molar-refractivity contribution in [2.75, 3.05) is 6.61 Å². The first-order valence-electron chi connectivity index (χ1n) is 6.37. The Kier molecular flexibility index (Phi) is 3.89. The van der Waals surface area contributed by atoms with E-state index < -0.39 is 12.1 Å². The van der Waals surface area contributed by atoms with E-state index in [2.05, 4.69) is 9.59 Å². The van der Waals surface area contributed by atoms with Gasteiger partial charge in [0.15, 0.2) is 0 Å². The lowest BCUT2D eigenvalue weighted by molar-refractivity contribution is 0.0256. The van der Waals surface area contributed by atoms with Gasteiger partial charge in [-0.1, -0.05) is 40.9 Å². The van der Waals surface area contributed by atoms with Gasteiger partial charge in [0.25, 0.3) is 0 Å². The van der Waals surface area contributed by atoms with Crippen molar-refractivity contribution >= 4 is 27.7 Å². The molecule has 5 nitrogen and oxygen atoms in total. The van der Waals surface area contributed by atoms with E-state index in [1.807, 2.05) is 18.2 Å². The highest BCUT2D eigenvalue weighted by Gasteiger charge is 2.16. The van der Waals surface area contributed by atoms with Crippen LogP contribution in [-0.4, -0.2) is 27.3 Å². The van der Waals surface area contributed by atoms with Crippen LogP contribution in [0.2, 0.25) is 0 Å². The van der Waals surface area contributed by atoms with E-state index in [4.69, 9.17) is 4.74 Å². The Morgan fingerprint density at radius 3 is 2.81 bits per heavy atom. The molecule has 1 unspecified atom stereocenters. The number of carbonyl (C=O) groups excluding carboxylic acids is 1. The maximum absolute atomic E-state index is 12.1. The van der Waals surface area contributed by atoms with Gasteiger partial charge in [0.05, 0.1) is 10.3 Å². The zero-order chi connectivity index (χ0) is 14.7. The van der Waals surface area contributed by atoms with Crippen molar-refractivity contribution < 1.29 is 14.6 Å². The Hall–Kier alpha value is -2.31. The molecule has 21 heavy (non-hydrogen) atoms. The second-order valence-electron chi connectivity index (χ2n) is 4.45. The van der Waals surface area contributed by atoms with Crippen molar-refractivity contribution in [1.29, 1.82) is 0 Å². The molecule has 6 heteroatoms. The number of aromatic nitrogens is 2. The molecule has 0 spiro atoms. The van der Waals surface area contributed by atoms with E-state index >= 15 is 0 Å². The molecule has 0 amide bonds. The minimum Gasteiger partial charge on any atom is -0.459 e. The number of aliphatic hydroxyl groups excluding tert-OH is 1. The largest absolute Gasteiger partial charge is 0.459 e. The molecule has 1 N–H and O–H groups in total. The normalized spacial score (nSPS) is 12.2. The van der Waals surface area contributed by atoms with Crippen molar-refractivity contribution in [3.8, 4) is 0 Å². The lowest BCUT2D eigenvalue weighted by Crippen LogP contribution is -2.12. The number of rotatable bonds is 4. The fourth-order valence-electron chi connectivity index (χ4n) is 1.97. The summed E-state index contributed by atoms with van der Waals surface area (Å²) in [5.41, 5.74) is 1.80. The summed E-state index contributed by atoms with van der Waals surface area (Å²) in [4.78, 5) is 12.1. The third kappa shape index (κ3) is 2.91. The summed E-state index contributed by atoms with van der Waals surface area (Å²) < 4.78 is 9.70. The fourth-order valence-corrected chi connectivity index (χ4v) is 2.63. The van der Waals surface area contributed by atoms with Gasteiger partial charge in [-0.25, -0.2) is 4.79 Å². The molecule has 1 heterocycles. The van der Waals surface area contributed by atoms with Gasteiger partial charge < -0.3 is 9.84 Å². The van der Waals surface area contributed by atoms with Gasteiger partial charge in [0.2, 0.25) is 0 Å². The van der Waals surface area contributed by atoms with E-state index in [1.54, 1.807) is 30.3 Å². The van der Waals surface area contributed by atoms with Crippen LogP contribution in [-0.2, 0) is 4.74 Å². The Bertz CT molecular complexity index is 758. The maximum atomic E-state index is 12.1. The van der Waals surface area contributed by atoms with Gasteiger partial charge in [-0.3, -0.25) is 0 Å². The highest BCUT2D eigenvalue weighted by Crippen LogP contribution is 2.21. The monoisotopic (exact) mass is 300 g/mol. The summed E-state index contributed by atoms with van der Waals surface area (Å²) in [5.74, 6) is -0.485. The van der Waals surface area contributed by atoms with Gasteiger partial charge in [-0.2, -0.15) is 0 Å². The lowest BCUT2D eigenvalue weighted by Gasteiger charge is -2.11. The van der Waals surface area contributed by atoms with Gasteiger partial charge in [0.1, 0.15) is 18.2 Å². The molecular weight excluding hydrogens is 288 g/mol. The topological polar surface area (TPSA) is 72.3 Å². The van der Waals surface area contributed by atoms with Crippen LogP contribution in [0.3, 0.4) is 0 Å². The Balaban J connectivity index is 1.71. The van der Waals surface area contributed by atoms with E-state index in [1.165, 1.54) is 0 Å². The third-order valence-electron chi connectivity index (χ3n) is 3.05. The zero-order valence-electron chi connectivity index (χ0n) is 11.0. The SMILES string of the molecule is O=C(OCC(O)c1ccccc1)c1cccc2nnsc12. The minimum absolute atomic E-state index is 0.0918. The summed E-state index contributed by atoms with van der Waals surface area (Å²) >= 11 is 1.15. The quantitative estimate of drug-likeness (QED) is 0.750. The average molecular weight is 300 g/mol. The van der Waals surface area contributed by atoms with Crippen molar-refractivity contribution in [1.82, 2.24) is 9.59 Å². The number of ether oxygens (including phenoxy) is 1. The van der Waals surface area contributed by atoms with Crippen LogP contribution in [0.15, 0.2) is 48.5 Å². The molecule has 2 aromatic carbocycles. The van der Waals surface area contributed by atoms with Crippen molar-refractivity contribution in [2.24, 2.45) is 0 Å². The van der Waals surface area contributed by atoms with Crippen LogP contribution < -0.4 is 0 Å². The molecule has 1 aromatic heterocycles. The van der Waals surface area contributed by atoms with Crippen LogP contribution in [0.5, 0.6) is 0 Å². The van der Waals surface area contributed by atoms with Crippen molar-refractivity contribution in [3.63, 3.8) is 0 Å². The molecule has 0 aliphatic carbocycles. The van der Waals surface area contributed by atoms with Crippen LogP contribution in [0.4, 0.5) is 0 Å². The molecule has 3 rings (SSSR count).